The van der Waals surface area contributed by atoms with Crippen molar-refractivity contribution in [2.75, 3.05) is 19.8 Å². The van der Waals surface area contributed by atoms with Crippen LogP contribution in [0.15, 0.2) is 21.5 Å². The van der Waals surface area contributed by atoms with E-state index in [1.54, 1.807) is 6.07 Å². The number of morpholine rings is 1. The lowest BCUT2D eigenvalue weighted by molar-refractivity contribution is -0.00772. The highest BCUT2D eigenvalue weighted by molar-refractivity contribution is 9.10. The van der Waals surface area contributed by atoms with Crippen molar-refractivity contribution in [2.45, 2.75) is 37.8 Å². The monoisotopic (exact) mass is 376 g/mol. The molecule has 1 aromatic rings. The second kappa shape index (κ2) is 5.96. The predicted octanol–water partition coefficient (Wildman–Crippen LogP) is 2.02. The van der Waals surface area contributed by atoms with Crippen LogP contribution < -0.4 is 5.73 Å². The van der Waals surface area contributed by atoms with E-state index in [1.165, 1.54) is 4.31 Å². The number of sulfonamides is 1. The third-order valence-electron chi connectivity index (χ3n) is 3.65. The fourth-order valence-corrected chi connectivity index (χ4v) is 5.31. The van der Waals surface area contributed by atoms with E-state index >= 15 is 0 Å². The van der Waals surface area contributed by atoms with Crippen LogP contribution in [0.25, 0.3) is 0 Å². The van der Waals surface area contributed by atoms with E-state index in [1.807, 2.05) is 26.8 Å². The molecule has 0 aromatic heterocycles. The normalized spacial score (nSPS) is 19.7. The SMILES string of the molecule is Cc1cc(CN)cc(S(=O)(=O)N2CCOCC2(C)C)c1Br. The molecule has 0 saturated carbocycles. The van der Waals surface area contributed by atoms with Gasteiger partial charge in [-0.3, -0.25) is 0 Å². The maximum atomic E-state index is 13.0. The Bertz CT molecular complexity index is 644. The number of nitrogens with zero attached hydrogens (tertiary/aromatic N) is 1. The molecule has 1 fully saturated rings. The van der Waals surface area contributed by atoms with Gasteiger partial charge in [0, 0.05) is 17.6 Å². The summed E-state index contributed by atoms with van der Waals surface area (Å²) in [6.07, 6.45) is 0. The fraction of sp³-hybridized carbons (Fsp3) is 0.571. The van der Waals surface area contributed by atoms with Gasteiger partial charge in [0.1, 0.15) is 0 Å². The number of hydrogen-bond acceptors (Lipinski definition) is 4. The van der Waals surface area contributed by atoms with Gasteiger partial charge in [-0.05, 0) is 53.9 Å². The molecule has 1 aromatic carbocycles. The lowest BCUT2D eigenvalue weighted by Crippen LogP contribution is -2.55. The molecule has 21 heavy (non-hydrogen) atoms. The number of nitrogens with two attached hydrogens (primary N) is 1. The molecule has 0 bridgehead atoms. The molecule has 5 nitrogen and oxygen atoms in total. The van der Waals surface area contributed by atoms with E-state index in [4.69, 9.17) is 10.5 Å². The molecule has 2 rings (SSSR count). The van der Waals surface area contributed by atoms with Crippen molar-refractivity contribution in [2.24, 2.45) is 5.73 Å². The van der Waals surface area contributed by atoms with E-state index < -0.39 is 15.6 Å². The average molecular weight is 377 g/mol. The van der Waals surface area contributed by atoms with Gasteiger partial charge in [-0.15, -0.1) is 0 Å². The molecule has 7 heteroatoms. The predicted molar refractivity (Wildman–Crippen MR) is 85.6 cm³/mol. The van der Waals surface area contributed by atoms with Crippen molar-refractivity contribution in [1.82, 2.24) is 4.31 Å². The molecule has 0 spiro atoms. The fourth-order valence-electron chi connectivity index (χ4n) is 2.52. The quantitative estimate of drug-likeness (QED) is 0.875. The molecule has 0 aliphatic carbocycles. The number of ether oxygens (including phenoxy) is 1. The lowest BCUT2D eigenvalue weighted by Gasteiger charge is -2.41. The highest BCUT2D eigenvalue weighted by Gasteiger charge is 2.40. The number of benzene rings is 1. The molecule has 0 atom stereocenters. The first-order valence-electron chi connectivity index (χ1n) is 6.80. The first-order valence-corrected chi connectivity index (χ1v) is 9.03. The van der Waals surface area contributed by atoms with Gasteiger partial charge in [0.15, 0.2) is 0 Å². The van der Waals surface area contributed by atoms with Gasteiger partial charge in [0.05, 0.1) is 23.6 Å². The maximum Gasteiger partial charge on any atom is 0.244 e. The molecule has 118 valence electrons. The zero-order valence-corrected chi connectivity index (χ0v) is 14.9. The molecule has 1 aliphatic heterocycles. The summed E-state index contributed by atoms with van der Waals surface area (Å²) in [6.45, 7) is 7.08. The van der Waals surface area contributed by atoms with Crippen LogP contribution in [0.1, 0.15) is 25.0 Å². The molecule has 1 saturated heterocycles. The van der Waals surface area contributed by atoms with E-state index in [0.29, 0.717) is 30.8 Å². The first-order chi connectivity index (χ1) is 9.70. The minimum absolute atomic E-state index is 0.276. The Kier molecular flexibility index (Phi) is 4.80. The van der Waals surface area contributed by atoms with E-state index in [0.717, 1.165) is 11.1 Å². The van der Waals surface area contributed by atoms with Crippen LogP contribution in [0.3, 0.4) is 0 Å². The summed E-state index contributed by atoms with van der Waals surface area (Å²) >= 11 is 3.41. The third-order valence-corrected chi connectivity index (χ3v) is 7.10. The van der Waals surface area contributed by atoms with Gasteiger partial charge < -0.3 is 10.5 Å². The summed E-state index contributed by atoms with van der Waals surface area (Å²) in [7, 11) is -3.60. The van der Waals surface area contributed by atoms with Crippen LogP contribution in [0.4, 0.5) is 0 Å². The van der Waals surface area contributed by atoms with Crippen molar-refractivity contribution < 1.29 is 13.2 Å². The second-order valence-corrected chi connectivity index (χ2v) is 8.49. The van der Waals surface area contributed by atoms with Gasteiger partial charge in [-0.25, -0.2) is 8.42 Å². The first kappa shape index (κ1) is 16.9. The Morgan fingerprint density at radius 3 is 2.67 bits per heavy atom. The molecule has 0 radical (unpaired) electrons. The van der Waals surface area contributed by atoms with Crippen molar-refractivity contribution in [3.8, 4) is 0 Å². The zero-order valence-electron chi connectivity index (χ0n) is 12.5. The molecule has 1 aliphatic rings. The second-order valence-electron chi connectivity index (χ2n) is 5.87. The molecule has 0 unspecified atom stereocenters. The lowest BCUT2D eigenvalue weighted by atomic mass is 10.1. The number of aryl methyl sites for hydroxylation is 1. The molecule has 2 N–H and O–H groups in total. The number of hydrogen-bond donors (Lipinski definition) is 1. The molecule has 1 heterocycles. The van der Waals surface area contributed by atoms with Gasteiger partial charge in [0.2, 0.25) is 10.0 Å². The highest BCUT2D eigenvalue weighted by Crippen LogP contribution is 2.33. The van der Waals surface area contributed by atoms with E-state index in [-0.39, 0.29) is 4.90 Å². The molecular formula is C14H21BrN2O3S. The van der Waals surface area contributed by atoms with Gasteiger partial charge in [-0.1, -0.05) is 6.07 Å². The molecular weight excluding hydrogens is 356 g/mol. The van der Waals surface area contributed by atoms with Crippen molar-refractivity contribution >= 4 is 26.0 Å². The third kappa shape index (κ3) is 3.17. The number of rotatable bonds is 3. The van der Waals surface area contributed by atoms with Crippen LogP contribution in [0.2, 0.25) is 0 Å². The van der Waals surface area contributed by atoms with Gasteiger partial charge in [0.25, 0.3) is 0 Å². The Hall–Kier alpha value is -0.470. The smallest absolute Gasteiger partial charge is 0.244 e. The highest BCUT2D eigenvalue weighted by atomic mass is 79.9. The van der Waals surface area contributed by atoms with Crippen LogP contribution >= 0.6 is 15.9 Å². The summed E-state index contributed by atoms with van der Waals surface area (Å²) < 4.78 is 33.6. The summed E-state index contributed by atoms with van der Waals surface area (Å²) in [5.41, 5.74) is 6.77. The van der Waals surface area contributed by atoms with Gasteiger partial charge in [-0.2, -0.15) is 4.31 Å². The standard InChI is InChI=1S/C14H21BrN2O3S/c1-10-6-11(8-16)7-12(13(10)15)21(18,19)17-4-5-20-9-14(17,2)3/h6-7H,4-5,8-9,16H2,1-3H3. The van der Waals surface area contributed by atoms with Crippen LogP contribution in [0, 0.1) is 6.92 Å². The summed E-state index contributed by atoms with van der Waals surface area (Å²) in [6, 6.07) is 3.55. The van der Waals surface area contributed by atoms with Crippen molar-refractivity contribution in [3.05, 3.63) is 27.7 Å². The van der Waals surface area contributed by atoms with Crippen LogP contribution in [-0.2, 0) is 21.3 Å². The largest absolute Gasteiger partial charge is 0.378 e. The molecule has 0 amide bonds. The van der Waals surface area contributed by atoms with Crippen molar-refractivity contribution in [1.29, 1.82) is 0 Å². The van der Waals surface area contributed by atoms with Crippen LogP contribution in [-0.4, -0.2) is 38.0 Å². The minimum atomic E-state index is -3.60. The Balaban J connectivity index is 2.56. The van der Waals surface area contributed by atoms with E-state index in [2.05, 4.69) is 15.9 Å². The zero-order chi connectivity index (χ0) is 15.8. The minimum Gasteiger partial charge on any atom is -0.378 e. The topological polar surface area (TPSA) is 72.6 Å². The van der Waals surface area contributed by atoms with E-state index in [9.17, 15) is 8.42 Å². The Morgan fingerprint density at radius 1 is 1.43 bits per heavy atom. The summed E-state index contributed by atoms with van der Waals surface area (Å²) in [4.78, 5) is 0.276. The number of halogens is 1. The van der Waals surface area contributed by atoms with Crippen molar-refractivity contribution in [3.63, 3.8) is 0 Å². The maximum absolute atomic E-state index is 13.0. The summed E-state index contributed by atoms with van der Waals surface area (Å²) in [5.74, 6) is 0. The Morgan fingerprint density at radius 2 is 2.10 bits per heavy atom. The van der Waals surface area contributed by atoms with Crippen LogP contribution in [0.5, 0.6) is 0 Å². The van der Waals surface area contributed by atoms with Gasteiger partial charge >= 0.3 is 0 Å². The Labute approximate surface area is 134 Å². The average Bonchev–Trinajstić information content (AvgIpc) is 2.40. The summed E-state index contributed by atoms with van der Waals surface area (Å²) in [5, 5.41) is 0.